The highest BCUT2D eigenvalue weighted by Crippen LogP contribution is 2.47. The molecule has 2 aliphatic rings. The van der Waals surface area contributed by atoms with Crippen LogP contribution < -0.4 is 19.6 Å². The Balaban J connectivity index is 1.78. The number of carbonyl (C=O) groups excluding carboxylic acids is 1. The monoisotopic (exact) mass is 408 g/mol. The van der Waals surface area contributed by atoms with E-state index in [9.17, 15) is 9.59 Å². The van der Waals surface area contributed by atoms with Crippen molar-refractivity contribution in [2.75, 3.05) is 0 Å². The summed E-state index contributed by atoms with van der Waals surface area (Å²) >= 11 is 1.32. The number of para-hydroxylation sites is 1. The molecule has 2 aromatic heterocycles. The van der Waals surface area contributed by atoms with Gasteiger partial charge in [-0.25, -0.2) is 4.99 Å². The number of Topliss-reactive ketones (excluding diaryl/α,β-unsaturated/α-hetero) is 1. The summed E-state index contributed by atoms with van der Waals surface area (Å²) < 4.78 is 10.2. The topological polar surface area (TPSA) is 78.5 Å². The Labute approximate surface area is 170 Å². The first-order valence-electron chi connectivity index (χ1n) is 9.55. The van der Waals surface area contributed by atoms with Crippen LogP contribution in [0.3, 0.4) is 0 Å². The fourth-order valence-corrected chi connectivity index (χ4v) is 5.43. The number of nitrogens with zero attached hydrogens (tertiary/aromatic N) is 4. The predicted octanol–water partition coefficient (Wildman–Crippen LogP) is 1.49. The maximum Gasteiger partial charge on any atom is 0.270 e. The van der Waals surface area contributed by atoms with Crippen LogP contribution in [0.4, 0.5) is 0 Å². The first-order chi connectivity index (χ1) is 13.9. The van der Waals surface area contributed by atoms with Gasteiger partial charge in [-0.2, -0.15) is 5.10 Å². The number of hydrogen-bond donors (Lipinski definition) is 0. The Bertz CT molecular complexity index is 1320. The van der Waals surface area contributed by atoms with Crippen LogP contribution in [0.25, 0.3) is 6.08 Å². The molecule has 1 aromatic carbocycles. The molecule has 7 nitrogen and oxygen atoms in total. The van der Waals surface area contributed by atoms with Crippen molar-refractivity contribution in [1.82, 2.24) is 14.3 Å². The Hall–Kier alpha value is -3.00. The molecule has 29 heavy (non-hydrogen) atoms. The first kappa shape index (κ1) is 18.1. The Morgan fingerprint density at radius 3 is 2.90 bits per heavy atom. The average molecular weight is 408 g/mol. The molecule has 3 aromatic rings. The number of rotatable bonds is 3. The molecular weight excluding hydrogens is 388 g/mol. The van der Waals surface area contributed by atoms with E-state index in [1.165, 1.54) is 18.3 Å². The van der Waals surface area contributed by atoms with Crippen molar-refractivity contribution >= 4 is 23.2 Å². The minimum atomic E-state index is -1.04. The van der Waals surface area contributed by atoms with Crippen LogP contribution in [0.1, 0.15) is 37.9 Å². The predicted molar refractivity (Wildman–Crippen MR) is 109 cm³/mol. The number of benzene rings is 1. The van der Waals surface area contributed by atoms with Gasteiger partial charge in [-0.3, -0.25) is 18.8 Å². The van der Waals surface area contributed by atoms with E-state index in [0.717, 1.165) is 17.7 Å². The third-order valence-corrected chi connectivity index (χ3v) is 6.58. The summed E-state index contributed by atoms with van der Waals surface area (Å²) in [7, 11) is 0. The normalized spacial score (nSPS) is 25.0. The van der Waals surface area contributed by atoms with Gasteiger partial charge >= 0.3 is 0 Å². The van der Waals surface area contributed by atoms with Gasteiger partial charge in [0.15, 0.2) is 4.80 Å². The molecule has 2 bridgehead atoms. The second-order valence-corrected chi connectivity index (χ2v) is 8.55. The van der Waals surface area contributed by atoms with Crippen molar-refractivity contribution in [1.29, 1.82) is 0 Å². The molecule has 8 heteroatoms. The molecule has 3 atom stereocenters. The lowest BCUT2D eigenvalue weighted by Crippen LogP contribution is -2.58. The van der Waals surface area contributed by atoms with E-state index < -0.39 is 17.7 Å². The summed E-state index contributed by atoms with van der Waals surface area (Å²) in [4.78, 5) is 31.3. The third-order valence-electron chi connectivity index (χ3n) is 5.59. The Kier molecular flexibility index (Phi) is 3.89. The van der Waals surface area contributed by atoms with Crippen LogP contribution in [-0.4, -0.2) is 25.9 Å². The van der Waals surface area contributed by atoms with Gasteiger partial charge in [-0.05, 0) is 32.9 Å². The van der Waals surface area contributed by atoms with E-state index in [-0.39, 0.29) is 11.3 Å². The van der Waals surface area contributed by atoms with Gasteiger partial charge in [0.2, 0.25) is 5.72 Å². The van der Waals surface area contributed by atoms with Crippen LogP contribution in [0.2, 0.25) is 0 Å². The van der Waals surface area contributed by atoms with Gasteiger partial charge in [0.25, 0.3) is 5.56 Å². The van der Waals surface area contributed by atoms with Crippen molar-refractivity contribution in [2.45, 2.75) is 39.1 Å². The molecule has 0 fully saturated rings. The second kappa shape index (κ2) is 6.25. The van der Waals surface area contributed by atoms with Crippen molar-refractivity contribution in [3.05, 3.63) is 67.5 Å². The Morgan fingerprint density at radius 1 is 1.38 bits per heavy atom. The molecule has 4 heterocycles. The number of aryl methyl sites for hydroxylation is 1. The van der Waals surface area contributed by atoms with Crippen LogP contribution in [0.5, 0.6) is 5.75 Å². The summed E-state index contributed by atoms with van der Waals surface area (Å²) in [5.74, 6) is 0.0573. The van der Waals surface area contributed by atoms with Gasteiger partial charge in [-0.1, -0.05) is 29.5 Å². The molecule has 0 unspecified atom stereocenters. The lowest BCUT2D eigenvalue weighted by Gasteiger charge is -2.45. The van der Waals surface area contributed by atoms with Crippen molar-refractivity contribution in [3.63, 3.8) is 0 Å². The molecule has 0 saturated carbocycles. The number of fused-ring (bicyclic) bond motifs is 6. The van der Waals surface area contributed by atoms with E-state index in [4.69, 9.17) is 9.73 Å². The minimum Gasteiger partial charge on any atom is -0.465 e. The quantitative estimate of drug-likeness (QED) is 0.658. The molecule has 0 aliphatic carbocycles. The number of ether oxygens (including phenoxy) is 1. The molecule has 148 valence electrons. The summed E-state index contributed by atoms with van der Waals surface area (Å²) in [6.45, 7) is 6.13. The van der Waals surface area contributed by atoms with E-state index in [2.05, 4.69) is 5.10 Å². The van der Waals surface area contributed by atoms with Gasteiger partial charge in [-0.15, -0.1) is 0 Å². The number of aromatic nitrogens is 3. The molecule has 5 rings (SSSR count). The largest absolute Gasteiger partial charge is 0.465 e. The Morgan fingerprint density at radius 2 is 2.17 bits per heavy atom. The lowest BCUT2D eigenvalue weighted by atomic mass is 9.79. The highest BCUT2D eigenvalue weighted by atomic mass is 32.1. The minimum absolute atomic E-state index is 0.0470. The van der Waals surface area contributed by atoms with Crippen molar-refractivity contribution in [2.24, 2.45) is 10.9 Å². The number of ketones is 1. The molecule has 2 aliphatic heterocycles. The highest BCUT2D eigenvalue weighted by molar-refractivity contribution is 7.07. The van der Waals surface area contributed by atoms with Crippen LogP contribution >= 0.6 is 11.3 Å². The van der Waals surface area contributed by atoms with Crippen LogP contribution in [-0.2, 0) is 11.3 Å². The fourth-order valence-electron chi connectivity index (χ4n) is 4.33. The standard InChI is InChI=1S/C21H20N4O3S/c1-4-24-11-13(10-22-24)9-16-19(27)25-18-14-7-5-6-8-15(14)28-21(3,17(18)12(2)26)23-20(25)29-16/h5-11,17-18H,4H2,1-3H3/b16-9-/t17-,18-,21-/m0/s1. The molecule has 0 saturated heterocycles. The maximum atomic E-state index is 13.4. The molecule has 0 amide bonds. The van der Waals surface area contributed by atoms with E-state index in [1.54, 1.807) is 10.8 Å². The third kappa shape index (κ3) is 2.62. The summed E-state index contributed by atoms with van der Waals surface area (Å²) in [6, 6.07) is 7.13. The average Bonchev–Trinajstić information content (AvgIpc) is 3.25. The van der Waals surface area contributed by atoms with Crippen molar-refractivity contribution in [3.8, 4) is 5.75 Å². The van der Waals surface area contributed by atoms with Gasteiger partial charge in [0, 0.05) is 23.9 Å². The maximum absolute atomic E-state index is 13.4. The molecular formula is C21H20N4O3S. The van der Waals surface area contributed by atoms with Crippen LogP contribution in [0, 0.1) is 5.92 Å². The lowest BCUT2D eigenvalue weighted by molar-refractivity contribution is -0.132. The summed E-state index contributed by atoms with van der Waals surface area (Å²) in [6.07, 6.45) is 5.46. The van der Waals surface area contributed by atoms with Crippen molar-refractivity contribution < 1.29 is 9.53 Å². The van der Waals surface area contributed by atoms with E-state index >= 15 is 0 Å². The molecule has 0 spiro atoms. The van der Waals surface area contributed by atoms with Gasteiger partial charge in [0.1, 0.15) is 17.5 Å². The summed E-state index contributed by atoms with van der Waals surface area (Å²) in [5, 5.41) is 4.26. The van der Waals surface area contributed by atoms with Crippen LogP contribution in [0.15, 0.2) is 46.4 Å². The number of carbonyl (C=O) groups is 1. The second-order valence-electron chi connectivity index (χ2n) is 7.54. The van der Waals surface area contributed by atoms with E-state index in [1.807, 2.05) is 55.1 Å². The number of thiazole rings is 1. The zero-order valence-electron chi connectivity index (χ0n) is 16.3. The smallest absolute Gasteiger partial charge is 0.270 e. The molecule has 0 radical (unpaired) electrons. The summed E-state index contributed by atoms with van der Waals surface area (Å²) in [5.41, 5.74) is 0.517. The van der Waals surface area contributed by atoms with E-state index in [0.29, 0.717) is 15.1 Å². The molecule has 0 N–H and O–H groups in total. The first-order valence-corrected chi connectivity index (χ1v) is 10.4. The van der Waals surface area contributed by atoms with Gasteiger partial charge < -0.3 is 4.74 Å². The number of hydrogen-bond acceptors (Lipinski definition) is 6. The fraction of sp³-hybridized carbons (Fsp3) is 0.333. The zero-order chi connectivity index (χ0) is 20.3. The van der Waals surface area contributed by atoms with Gasteiger partial charge in [0.05, 0.1) is 16.8 Å². The zero-order valence-corrected chi connectivity index (χ0v) is 17.1. The SMILES string of the molecule is CCn1cc(/C=c2\sc3n(c2=O)[C@H]2c4ccccc4O[C@](C)(N=3)[C@H]2C(C)=O)cn1. The highest BCUT2D eigenvalue weighted by Gasteiger charge is 2.53.